The van der Waals surface area contributed by atoms with E-state index in [0.29, 0.717) is 6.42 Å². The largest absolute Gasteiger partial charge is 0.480 e. The summed E-state index contributed by atoms with van der Waals surface area (Å²) in [6.45, 7) is 3.85. The lowest BCUT2D eigenvalue weighted by molar-refractivity contribution is -0.143. The highest BCUT2D eigenvalue weighted by Crippen LogP contribution is 2.10. The van der Waals surface area contributed by atoms with Gasteiger partial charge in [-0.3, -0.25) is 19.2 Å². The molecule has 0 bridgehead atoms. The normalized spacial score (nSPS) is 16.7. The van der Waals surface area contributed by atoms with E-state index in [-0.39, 0.29) is 12.8 Å². The van der Waals surface area contributed by atoms with Gasteiger partial charge in [-0.2, -0.15) is 0 Å². The van der Waals surface area contributed by atoms with Gasteiger partial charge in [-0.05, 0) is 19.3 Å². The van der Waals surface area contributed by atoms with Crippen molar-refractivity contribution in [2.24, 2.45) is 17.4 Å². The van der Waals surface area contributed by atoms with E-state index in [4.69, 9.17) is 11.5 Å². The number of aliphatic hydroxyl groups is 2. The smallest absolute Gasteiger partial charge is 0.326 e. The number of carbonyl (C=O) groups excluding carboxylic acids is 4. The zero-order valence-corrected chi connectivity index (χ0v) is 17.8. The minimum atomic E-state index is -1.46. The van der Waals surface area contributed by atoms with Gasteiger partial charge in [-0.1, -0.05) is 20.3 Å². The van der Waals surface area contributed by atoms with Crippen LogP contribution in [0.25, 0.3) is 0 Å². The van der Waals surface area contributed by atoms with Crippen LogP contribution in [0.4, 0.5) is 0 Å². The van der Waals surface area contributed by atoms with Crippen molar-refractivity contribution in [3.8, 4) is 0 Å². The lowest BCUT2D eigenvalue weighted by atomic mass is 9.97. The Balaban J connectivity index is 5.34. The molecule has 0 radical (unpaired) electrons. The van der Waals surface area contributed by atoms with Crippen LogP contribution >= 0.6 is 0 Å². The number of carboxylic acids is 1. The molecule has 6 atom stereocenters. The van der Waals surface area contributed by atoms with Crippen molar-refractivity contribution in [2.45, 2.75) is 70.3 Å². The molecule has 0 aromatic carbocycles. The monoisotopic (exact) mass is 447 g/mol. The van der Waals surface area contributed by atoms with E-state index in [1.54, 1.807) is 13.8 Å². The maximum atomic E-state index is 12.7. The minimum absolute atomic E-state index is 0.232. The second kappa shape index (κ2) is 13.5. The van der Waals surface area contributed by atoms with Gasteiger partial charge < -0.3 is 42.7 Å². The van der Waals surface area contributed by atoms with Gasteiger partial charge in [0.05, 0.1) is 12.7 Å². The van der Waals surface area contributed by atoms with Gasteiger partial charge in [0.1, 0.15) is 24.2 Å². The molecule has 0 saturated carbocycles. The molecule has 0 heterocycles. The number of primary amides is 1. The Morgan fingerprint density at radius 2 is 1.48 bits per heavy atom. The Bertz CT molecular complexity index is 657. The molecule has 13 nitrogen and oxygen atoms in total. The van der Waals surface area contributed by atoms with E-state index in [1.165, 1.54) is 6.92 Å². The Labute approximate surface area is 179 Å². The number of hydrogen-bond donors (Lipinski definition) is 8. The van der Waals surface area contributed by atoms with Gasteiger partial charge in [0.25, 0.3) is 0 Å². The van der Waals surface area contributed by atoms with Crippen LogP contribution in [0, 0.1) is 5.92 Å². The van der Waals surface area contributed by atoms with Crippen molar-refractivity contribution < 1.29 is 39.3 Å². The number of aliphatic carboxylic acids is 1. The Kier molecular flexibility index (Phi) is 12.3. The highest BCUT2D eigenvalue weighted by molar-refractivity contribution is 5.94. The molecule has 31 heavy (non-hydrogen) atoms. The Morgan fingerprint density at radius 1 is 0.935 bits per heavy atom. The average molecular weight is 447 g/mol. The number of nitrogens with two attached hydrogens (primary N) is 2. The van der Waals surface area contributed by atoms with Crippen molar-refractivity contribution in [2.75, 3.05) is 6.61 Å². The summed E-state index contributed by atoms with van der Waals surface area (Å²) in [7, 11) is 0. The van der Waals surface area contributed by atoms with E-state index in [2.05, 4.69) is 16.0 Å². The van der Waals surface area contributed by atoms with Crippen LogP contribution in [0.15, 0.2) is 0 Å². The zero-order chi connectivity index (χ0) is 24.3. The lowest BCUT2D eigenvalue weighted by Gasteiger charge is -2.27. The minimum Gasteiger partial charge on any atom is -0.480 e. The molecule has 10 N–H and O–H groups in total. The van der Waals surface area contributed by atoms with E-state index >= 15 is 0 Å². The summed E-state index contributed by atoms with van der Waals surface area (Å²) in [6, 6.07) is -5.39. The van der Waals surface area contributed by atoms with Gasteiger partial charge in [0.2, 0.25) is 23.6 Å². The van der Waals surface area contributed by atoms with Crippen molar-refractivity contribution in [1.29, 1.82) is 0 Å². The molecule has 0 aromatic rings. The number of nitrogens with one attached hydrogen (secondary N) is 3. The summed E-state index contributed by atoms with van der Waals surface area (Å²) in [5.41, 5.74) is 10.5. The number of carboxylic acid groups (broad SMARTS) is 1. The summed E-state index contributed by atoms with van der Waals surface area (Å²) < 4.78 is 0. The maximum Gasteiger partial charge on any atom is 0.326 e. The molecule has 0 aliphatic heterocycles. The van der Waals surface area contributed by atoms with Crippen LogP contribution in [0.1, 0.15) is 40.0 Å². The molecule has 0 spiro atoms. The van der Waals surface area contributed by atoms with Gasteiger partial charge in [-0.25, -0.2) is 4.79 Å². The first-order valence-corrected chi connectivity index (χ1v) is 9.82. The predicted molar refractivity (Wildman–Crippen MR) is 108 cm³/mol. The second-order valence-electron chi connectivity index (χ2n) is 7.29. The van der Waals surface area contributed by atoms with Crippen LogP contribution in [0.5, 0.6) is 0 Å². The summed E-state index contributed by atoms with van der Waals surface area (Å²) in [5.74, 6) is -5.16. The topological polar surface area (TPSA) is 234 Å². The van der Waals surface area contributed by atoms with E-state index in [1.807, 2.05) is 0 Å². The predicted octanol–water partition coefficient (Wildman–Crippen LogP) is -3.46. The molecule has 0 rings (SSSR count). The van der Waals surface area contributed by atoms with Crippen LogP contribution in [-0.2, 0) is 24.0 Å². The molecular weight excluding hydrogens is 414 g/mol. The standard InChI is InChI=1S/C18H33N5O8/c1-4-8(2)14(17(29)21-10(18(30)31)5-6-12(19)26)23-15(27)11(7-24)22-16(28)13(20)9(3)25/h8-11,13-14,24-25H,4-7,20H2,1-3H3,(H2,19,26)(H,21,29)(H,22,28)(H,23,27)(H,30,31). The van der Waals surface area contributed by atoms with Gasteiger partial charge in [-0.15, -0.1) is 0 Å². The van der Waals surface area contributed by atoms with E-state index < -0.39 is 72.4 Å². The van der Waals surface area contributed by atoms with Crippen LogP contribution in [0.2, 0.25) is 0 Å². The molecule has 0 aliphatic carbocycles. The second-order valence-corrected chi connectivity index (χ2v) is 7.29. The fourth-order valence-electron chi connectivity index (χ4n) is 2.44. The van der Waals surface area contributed by atoms with Crippen LogP contribution in [0.3, 0.4) is 0 Å². The van der Waals surface area contributed by atoms with Gasteiger partial charge >= 0.3 is 5.97 Å². The SMILES string of the molecule is CCC(C)C(NC(=O)C(CO)NC(=O)C(N)C(C)O)C(=O)NC(CCC(N)=O)C(=O)O. The van der Waals surface area contributed by atoms with Crippen LogP contribution in [-0.4, -0.2) is 81.8 Å². The number of carbonyl (C=O) groups is 5. The molecule has 0 aliphatic rings. The first-order chi connectivity index (χ1) is 14.3. The molecule has 4 amide bonds. The van der Waals surface area contributed by atoms with Gasteiger partial charge in [0.15, 0.2) is 0 Å². The third-order valence-electron chi connectivity index (χ3n) is 4.73. The van der Waals surface area contributed by atoms with Gasteiger partial charge in [0, 0.05) is 6.42 Å². The number of hydrogen-bond acceptors (Lipinski definition) is 8. The number of amides is 4. The number of rotatable bonds is 14. The third kappa shape index (κ3) is 9.72. The van der Waals surface area contributed by atoms with Crippen molar-refractivity contribution in [1.82, 2.24) is 16.0 Å². The van der Waals surface area contributed by atoms with Crippen LogP contribution < -0.4 is 27.4 Å². The zero-order valence-electron chi connectivity index (χ0n) is 17.8. The summed E-state index contributed by atoms with van der Waals surface area (Å²) in [5, 5.41) is 34.9. The summed E-state index contributed by atoms with van der Waals surface area (Å²) in [6.07, 6.45) is -1.26. The molecule has 178 valence electrons. The summed E-state index contributed by atoms with van der Waals surface area (Å²) in [4.78, 5) is 59.4. The number of aliphatic hydroxyl groups excluding tert-OH is 2. The van der Waals surface area contributed by atoms with Crippen molar-refractivity contribution >= 4 is 29.6 Å². The Hall–Kier alpha value is -2.77. The molecule has 6 unspecified atom stereocenters. The fourth-order valence-corrected chi connectivity index (χ4v) is 2.44. The van der Waals surface area contributed by atoms with E-state index in [9.17, 15) is 39.3 Å². The van der Waals surface area contributed by atoms with Crippen molar-refractivity contribution in [3.63, 3.8) is 0 Å². The molecule has 0 saturated heterocycles. The lowest BCUT2D eigenvalue weighted by Crippen LogP contribution is -2.60. The maximum absolute atomic E-state index is 12.7. The Morgan fingerprint density at radius 3 is 1.90 bits per heavy atom. The average Bonchev–Trinajstić information content (AvgIpc) is 2.70. The van der Waals surface area contributed by atoms with Crippen molar-refractivity contribution in [3.05, 3.63) is 0 Å². The van der Waals surface area contributed by atoms with E-state index in [0.717, 1.165) is 0 Å². The highest BCUT2D eigenvalue weighted by atomic mass is 16.4. The first kappa shape index (κ1) is 28.2. The fraction of sp³-hybridized carbons (Fsp3) is 0.722. The first-order valence-electron chi connectivity index (χ1n) is 9.82. The highest BCUT2D eigenvalue weighted by Gasteiger charge is 2.33. The summed E-state index contributed by atoms with van der Waals surface area (Å²) >= 11 is 0. The molecule has 0 fully saturated rings. The molecule has 0 aromatic heterocycles. The third-order valence-corrected chi connectivity index (χ3v) is 4.73. The molecule has 13 heteroatoms. The quantitative estimate of drug-likeness (QED) is 0.132. The molecular formula is C18H33N5O8.